The van der Waals surface area contributed by atoms with Crippen molar-refractivity contribution in [2.45, 2.75) is 71.7 Å². The summed E-state index contributed by atoms with van der Waals surface area (Å²) in [4.78, 5) is 41.3. The Hall–Kier alpha value is -4.15. The Morgan fingerprint density at radius 1 is 0.889 bits per heavy atom. The lowest BCUT2D eigenvalue weighted by Gasteiger charge is -2.26. The number of hydrogen-bond donors (Lipinski definition) is 3. The van der Waals surface area contributed by atoms with E-state index < -0.39 is 35.8 Å². The van der Waals surface area contributed by atoms with Crippen LogP contribution in [0.4, 0.5) is 8.78 Å². The molecule has 3 rings (SSSR count). The van der Waals surface area contributed by atoms with Gasteiger partial charge in [0.1, 0.15) is 17.7 Å². The van der Waals surface area contributed by atoms with Gasteiger partial charge in [-0.3, -0.25) is 9.59 Å². The molecule has 0 radical (unpaired) electrons. The first kappa shape index (κ1) is 35.3. The first-order valence-electron chi connectivity index (χ1n) is 15.4. The average Bonchev–Trinajstić information content (AvgIpc) is 3.00. The summed E-state index contributed by atoms with van der Waals surface area (Å²) in [5, 5.41) is 5.93. The highest BCUT2D eigenvalue weighted by atomic mass is 19.1. The van der Waals surface area contributed by atoms with Gasteiger partial charge >= 0.3 is 5.97 Å². The first-order valence-corrected chi connectivity index (χ1v) is 15.4. The molecule has 0 saturated heterocycles. The number of ether oxygens (including phenoxy) is 1. The van der Waals surface area contributed by atoms with Gasteiger partial charge < -0.3 is 26.0 Å². The molecule has 0 bridgehead atoms. The van der Waals surface area contributed by atoms with Crippen molar-refractivity contribution in [3.63, 3.8) is 0 Å². The van der Waals surface area contributed by atoms with E-state index in [4.69, 9.17) is 10.5 Å². The molecular formula is C35H44F2N4O4. The number of carbonyl (C=O) groups excluding carboxylic acids is 3. The number of halogens is 2. The lowest BCUT2D eigenvalue weighted by Crippen LogP contribution is -2.50. The molecule has 0 aliphatic carbocycles. The quantitative estimate of drug-likeness (QED) is 0.196. The van der Waals surface area contributed by atoms with Gasteiger partial charge in [-0.15, -0.1) is 0 Å². The Morgan fingerprint density at radius 2 is 1.51 bits per heavy atom. The maximum atomic E-state index is 13.9. The van der Waals surface area contributed by atoms with Crippen LogP contribution in [0.5, 0.6) is 0 Å². The minimum absolute atomic E-state index is 0.00341. The van der Waals surface area contributed by atoms with Crippen LogP contribution >= 0.6 is 0 Å². The molecule has 45 heavy (non-hydrogen) atoms. The summed E-state index contributed by atoms with van der Waals surface area (Å²) in [6, 6.07) is 15.9. The Balaban J connectivity index is 1.78. The van der Waals surface area contributed by atoms with E-state index in [2.05, 4.69) is 10.6 Å². The summed E-state index contributed by atoms with van der Waals surface area (Å²) < 4.78 is 33.6. The second kappa shape index (κ2) is 17.4. The zero-order chi connectivity index (χ0) is 32.9. The first-order chi connectivity index (χ1) is 21.5. The smallest absolute Gasteiger partial charge is 0.338 e. The molecule has 0 aliphatic heterocycles. The van der Waals surface area contributed by atoms with Crippen LogP contribution in [0, 0.1) is 18.6 Å². The predicted octanol–water partition coefficient (Wildman–Crippen LogP) is 4.93. The van der Waals surface area contributed by atoms with Gasteiger partial charge in [-0.1, -0.05) is 44.2 Å². The Morgan fingerprint density at radius 3 is 2.13 bits per heavy atom. The minimum Gasteiger partial charge on any atom is -0.456 e. The Bertz CT molecular complexity index is 1410. The fourth-order valence-corrected chi connectivity index (χ4v) is 5.00. The van der Waals surface area contributed by atoms with Crippen molar-refractivity contribution in [2.24, 2.45) is 5.73 Å². The van der Waals surface area contributed by atoms with Crippen molar-refractivity contribution >= 4 is 17.8 Å². The topological polar surface area (TPSA) is 114 Å². The molecule has 0 aromatic heterocycles. The number of rotatable bonds is 16. The number of nitrogens with two attached hydrogens (primary N) is 1. The zero-order valence-corrected chi connectivity index (χ0v) is 26.4. The second-order valence-electron chi connectivity index (χ2n) is 11.3. The van der Waals surface area contributed by atoms with Crippen LogP contribution in [0.1, 0.15) is 71.0 Å². The summed E-state index contributed by atoms with van der Waals surface area (Å²) in [5.74, 6) is -2.64. The predicted molar refractivity (Wildman–Crippen MR) is 171 cm³/mol. The van der Waals surface area contributed by atoms with Crippen LogP contribution in [-0.4, -0.2) is 60.5 Å². The van der Waals surface area contributed by atoms with Gasteiger partial charge in [0, 0.05) is 43.9 Å². The summed E-state index contributed by atoms with van der Waals surface area (Å²) in [7, 11) is 0. The molecule has 2 amide bonds. The van der Waals surface area contributed by atoms with Gasteiger partial charge in [-0.05, 0) is 80.1 Å². The molecule has 4 N–H and O–H groups in total. The van der Waals surface area contributed by atoms with Gasteiger partial charge in [0.2, 0.25) is 5.91 Å². The third-order valence-corrected chi connectivity index (χ3v) is 7.29. The average molecular weight is 623 g/mol. The van der Waals surface area contributed by atoms with E-state index in [1.54, 1.807) is 30.9 Å². The van der Waals surface area contributed by atoms with Gasteiger partial charge in [0.15, 0.2) is 0 Å². The van der Waals surface area contributed by atoms with Crippen LogP contribution in [0.2, 0.25) is 0 Å². The van der Waals surface area contributed by atoms with Gasteiger partial charge in [-0.25, -0.2) is 13.6 Å². The van der Waals surface area contributed by atoms with Crippen molar-refractivity contribution in [3.05, 3.63) is 106 Å². The number of aryl methyl sites for hydroxylation is 1. The van der Waals surface area contributed by atoms with Crippen molar-refractivity contribution in [2.75, 3.05) is 19.6 Å². The molecule has 10 heteroatoms. The molecule has 0 fully saturated rings. The van der Waals surface area contributed by atoms with Gasteiger partial charge in [0.25, 0.3) is 5.91 Å². The van der Waals surface area contributed by atoms with Crippen molar-refractivity contribution in [1.29, 1.82) is 0 Å². The molecule has 3 aromatic rings. The van der Waals surface area contributed by atoms with E-state index >= 15 is 0 Å². The van der Waals surface area contributed by atoms with E-state index in [0.717, 1.165) is 24.5 Å². The summed E-state index contributed by atoms with van der Waals surface area (Å²) >= 11 is 0. The second-order valence-corrected chi connectivity index (χ2v) is 11.3. The lowest BCUT2D eigenvalue weighted by molar-refractivity contribution is -0.123. The lowest BCUT2D eigenvalue weighted by atomic mass is 10.0. The highest BCUT2D eigenvalue weighted by Crippen LogP contribution is 2.17. The number of nitrogens with zero attached hydrogens (tertiary/aromatic N) is 1. The third kappa shape index (κ3) is 11.1. The normalized spacial score (nSPS) is 13.0. The molecule has 8 nitrogen and oxygen atoms in total. The van der Waals surface area contributed by atoms with E-state index in [9.17, 15) is 23.2 Å². The van der Waals surface area contributed by atoms with E-state index in [-0.39, 0.29) is 30.3 Å². The van der Waals surface area contributed by atoms with Crippen molar-refractivity contribution in [1.82, 2.24) is 15.5 Å². The number of hydrogen-bond acceptors (Lipinski definition) is 6. The van der Waals surface area contributed by atoms with Crippen LogP contribution < -0.4 is 16.4 Å². The molecule has 0 heterocycles. The number of benzene rings is 3. The number of carbonyl (C=O) groups is 3. The van der Waals surface area contributed by atoms with Gasteiger partial charge in [0.05, 0.1) is 11.6 Å². The SMILES string of the molecule is CCCN(CCC)C(=O)c1cc(C)cc(C(=O)O[C@H](CN[C@@H](C)C(=O)NCc2ccccc2)[C@@H](N)Cc2cc(F)cc(F)c2)c1. The number of nitrogens with one attached hydrogen (secondary N) is 2. The van der Waals surface area contributed by atoms with Crippen LogP contribution in [0.3, 0.4) is 0 Å². The standard InChI is InChI=1S/C35H44F2N4O4/c1-5-12-41(13-6-2)34(43)27-14-23(3)15-28(19-27)35(44)45-32(31(38)18-26-16-29(36)20-30(37)17-26)22-39-24(4)33(42)40-21-25-10-8-7-9-11-25/h7-11,14-17,19-20,24,31-32,39H,5-6,12-13,18,21-22,38H2,1-4H3,(H,40,42)/t24-,31-,32+/m0/s1. The van der Waals surface area contributed by atoms with Crippen LogP contribution in [-0.2, 0) is 22.5 Å². The molecule has 0 aliphatic rings. The molecule has 0 spiro atoms. The van der Waals surface area contributed by atoms with E-state index in [0.29, 0.717) is 36.3 Å². The van der Waals surface area contributed by atoms with Gasteiger partial charge in [-0.2, -0.15) is 0 Å². The van der Waals surface area contributed by atoms with Crippen molar-refractivity contribution in [3.8, 4) is 0 Å². The monoisotopic (exact) mass is 622 g/mol. The fraction of sp³-hybridized carbons (Fsp3) is 0.400. The largest absolute Gasteiger partial charge is 0.456 e. The maximum absolute atomic E-state index is 13.9. The van der Waals surface area contributed by atoms with Crippen LogP contribution in [0.15, 0.2) is 66.7 Å². The molecule has 3 aromatic carbocycles. The molecule has 0 saturated carbocycles. The molecule has 3 atom stereocenters. The Kier molecular flexibility index (Phi) is 13.6. The van der Waals surface area contributed by atoms with Crippen molar-refractivity contribution < 1.29 is 27.9 Å². The Labute approximate surface area is 264 Å². The number of esters is 1. The summed E-state index contributed by atoms with van der Waals surface area (Å²) in [6.45, 7) is 8.98. The summed E-state index contributed by atoms with van der Waals surface area (Å²) in [6.07, 6.45) is 0.627. The minimum atomic E-state index is -0.982. The molecular weight excluding hydrogens is 578 g/mol. The number of amides is 2. The van der Waals surface area contributed by atoms with Crippen LogP contribution in [0.25, 0.3) is 0 Å². The molecule has 0 unspecified atom stereocenters. The highest BCUT2D eigenvalue weighted by molar-refractivity contribution is 5.98. The maximum Gasteiger partial charge on any atom is 0.338 e. The summed E-state index contributed by atoms with van der Waals surface area (Å²) in [5.41, 5.74) is 8.96. The zero-order valence-electron chi connectivity index (χ0n) is 26.4. The fourth-order valence-electron chi connectivity index (χ4n) is 5.00. The third-order valence-electron chi connectivity index (χ3n) is 7.29. The van der Waals surface area contributed by atoms with E-state index in [1.165, 1.54) is 18.2 Å². The highest BCUT2D eigenvalue weighted by Gasteiger charge is 2.26. The molecule has 242 valence electrons. The van der Waals surface area contributed by atoms with E-state index in [1.807, 2.05) is 44.2 Å².